The first kappa shape index (κ1) is 9.54. The lowest BCUT2D eigenvalue weighted by molar-refractivity contribution is -0.0456. The van der Waals surface area contributed by atoms with E-state index >= 15 is 0 Å². The van der Waals surface area contributed by atoms with Gasteiger partial charge in [-0.05, 0) is 25.2 Å². The van der Waals surface area contributed by atoms with Gasteiger partial charge in [-0.2, -0.15) is 5.26 Å². The van der Waals surface area contributed by atoms with Gasteiger partial charge in [-0.1, -0.05) is 20.8 Å². The summed E-state index contributed by atoms with van der Waals surface area (Å²) in [6.07, 6.45) is 1.97. The van der Waals surface area contributed by atoms with Crippen LogP contribution in [0.4, 0.5) is 0 Å². The molecule has 1 atom stereocenters. The predicted molar refractivity (Wildman–Crippen MR) is 47.6 cm³/mol. The largest absolute Gasteiger partial charge is 0.357 e. The van der Waals surface area contributed by atoms with Gasteiger partial charge in [0.1, 0.15) is 0 Å². The molecule has 0 aromatic rings. The summed E-state index contributed by atoms with van der Waals surface area (Å²) in [4.78, 5) is 0. The van der Waals surface area contributed by atoms with Crippen LogP contribution in [0.15, 0.2) is 0 Å². The first-order chi connectivity index (χ1) is 5.40. The van der Waals surface area contributed by atoms with Crippen molar-refractivity contribution in [1.29, 1.82) is 5.26 Å². The van der Waals surface area contributed by atoms with Gasteiger partial charge in [0, 0.05) is 0 Å². The molecule has 2 nitrogen and oxygen atoms in total. The fraction of sp³-hybridized carbons (Fsp3) is 0.900. The first-order valence-corrected chi connectivity index (χ1v) is 4.49. The molecule has 1 aliphatic carbocycles. The fourth-order valence-corrected chi connectivity index (χ4v) is 0.885. The van der Waals surface area contributed by atoms with Gasteiger partial charge >= 0.3 is 0 Å². The van der Waals surface area contributed by atoms with Crippen molar-refractivity contribution in [3.05, 3.63) is 0 Å². The molecule has 0 aromatic heterocycles. The maximum absolute atomic E-state index is 8.80. The molecule has 1 saturated carbocycles. The van der Waals surface area contributed by atoms with Gasteiger partial charge < -0.3 is 4.74 Å². The zero-order chi connectivity index (χ0) is 9.41. The summed E-state index contributed by atoms with van der Waals surface area (Å²) in [5, 5.41) is 8.80. The molecule has 0 N–H and O–H groups in total. The normalized spacial score (nSPS) is 22.9. The predicted octanol–water partition coefficient (Wildman–Crippen LogP) is 2.49. The van der Waals surface area contributed by atoms with Crippen LogP contribution in [-0.4, -0.2) is 11.7 Å². The summed E-state index contributed by atoms with van der Waals surface area (Å²) in [7, 11) is 0. The average molecular weight is 167 g/mol. The molecular weight excluding hydrogens is 150 g/mol. The number of hydrogen-bond acceptors (Lipinski definition) is 2. The second-order valence-electron chi connectivity index (χ2n) is 4.73. The van der Waals surface area contributed by atoms with Crippen molar-refractivity contribution in [3.63, 3.8) is 0 Å². The minimum atomic E-state index is -0.424. The Morgan fingerprint density at radius 1 is 1.42 bits per heavy atom. The Balaban J connectivity index is 2.48. The van der Waals surface area contributed by atoms with Crippen LogP contribution in [0.25, 0.3) is 0 Å². The lowest BCUT2D eigenvalue weighted by Crippen LogP contribution is -2.31. The Bertz CT molecular complexity index is 205. The highest BCUT2D eigenvalue weighted by Crippen LogP contribution is 2.42. The standard InChI is InChI=1S/C10H17NO/c1-8(9(2,3)4)12-10(7-11)5-6-10/h8H,5-6H2,1-4H3/t8-/m1/s1. The smallest absolute Gasteiger partial charge is 0.154 e. The lowest BCUT2D eigenvalue weighted by atomic mass is 9.90. The van der Waals surface area contributed by atoms with Crippen LogP contribution in [0.5, 0.6) is 0 Å². The monoisotopic (exact) mass is 167 g/mol. The third-order valence-corrected chi connectivity index (χ3v) is 2.53. The molecule has 0 saturated heterocycles. The Morgan fingerprint density at radius 3 is 2.17 bits per heavy atom. The van der Waals surface area contributed by atoms with Crippen molar-refractivity contribution in [2.75, 3.05) is 0 Å². The molecule has 0 heterocycles. The van der Waals surface area contributed by atoms with Crippen molar-refractivity contribution in [3.8, 4) is 6.07 Å². The van der Waals surface area contributed by atoms with Gasteiger partial charge in [-0.3, -0.25) is 0 Å². The fourth-order valence-electron chi connectivity index (χ4n) is 0.885. The van der Waals surface area contributed by atoms with Gasteiger partial charge in [0.05, 0.1) is 12.2 Å². The van der Waals surface area contributed by atoms with Crippen LogP contribution in [0.1, 0.15) is 40.5 Å². The highest BCUT2D eigenvalue weighted by atomic mass is 16.5. The van der Waals surface area contributed by atoms with E-state index in [0.29, 0.717) is 0 Å². The summed E-state index contributed by atoms with van der Waals surface area (Å²) in [6, 6.07) is 2.23. The molecule has 1 rings (SSSR count). The molecule has 1 fully saturated rings. The quantitative estimate of drug-likeness (QED) is 0.633. The number of nitriles is 1. The van der Waals surface area contributed by atoms with Gasteiger partial charge in [0.15, 0.2) is 5.60 Å². The lowest BCUT2D eigenvalue weighted by Gasteiger charge is -2.29. The summed E-state index contributed by atoms with van der Waals surface area (Å²) < 4.78 is 5.70. The van der Waals surface area contributed by atoms with E-state index in [1.807, 2.05) is 6.92 Å². The van der Waals surface area contributed by atoms with Gasteiger partial charge in [0.25, 0.3) is 0 Å². The van der Waals surface area contributed by atoms with Crippen molar-refractivity contribution in [1.82, 2.24) is 0 Å². The molecule has 1 aliphatic rings. The number of ether oxygens (including phenoxy) is 1. The van der Waals surface area contributed by atoms with Crippen LogP contribution in [0, 0.1) is 16.7 Å². The third-order valence-electron chi connectivity index (χ3n) is 2.53. The number of nitrogens with zero attached hydrogens (tertiary/aromatic N) is 1. The van der Waals surface area contributed by atoms with E-state index < -0.39 is 5.60 Å². The van der Waals surface area contributed by atoms with E-state index in [9.17, 15) is 0 Å². The Labute approximate surface area is 74.5 Å². The summed E-state index contributed by atoms with van der Waals surface area (Å²) >= 11 is 0. The Kier molecular flexibility index (Phi) is 2.18. The molecule has 0 amide bonds. The van der Waals surface area contributed by atoms with Crippen LogP contribution >= 0.6 is 0 Å². The van der Waals surface area contributed by atoms with Crippen molar-refractivity contribution < 1.29 is 4.74 Å². The molecule has 2 heteroatoms. The van der Waals surface area contributed by atoms with E-state index in [-0.39, 0.29) is 11.5 Å². The molecule has 0 aromatic carbocycles. The minimum Gasteiger partial charge on any atom is -0.357 e. The maximum Gasteiger partial charge on any atom is 0.154 e. The highest BCUT2D eigenvalue weighted by Gasteiger charge is 2.47. The van der Waals surface area contributed by atoms with Crippen molar-refractivity contribution >= 4 is 0 Å². The molecule has 0 bridgehead atoms. The van der Waals surface area contributed by atoms with Gasteiger partial charge in [0.2, 0.25) is 0 Å². The van der Waals surface area contributed by atoms with E-state index in [1.165, 1.54) is 0 Å². The van der Waals surface area contributed by atoms with Crippen LogP contribution in [-0.2, 0) is 4.74 Å². The SMILES string of the molecule is C[C@@H](OC1(C#N)CC1)C(C)(C)C. The molecule has 0 aliphatic heterocycles. The van der Waals surface area contributed by atoms with Gasteiger partial charge in [-0.15, -0.1) is 0 Å². The summed E-state index contributed by atoms with van der Waals surface area (Å²) in [5.41, 5.74) is -0.293. The van der Waals surface area contributed by atoms with Crippen LogP contribution < -0.4 is 0 Å². The van der Waals surface area contributed by atoms with Crippen LogP contribution in [0.2, 0.25) is 0 Å². The second kappa shape index (κ2) is 2.74. The van der Waals surface area contributed by atoms with E-state index in [1.54, 1.807) is 0 Å². The van der Waals surface area contributed by atoms with E-state index in [2.05, 4.69) is 26.8 Å². The maximum atomic E-state index is 8.80. The zero-order valence-corrected chi connectivity index (χ0v) is 8.35. The van der Waals surface area contributed by atoms with E-state index in [0.717, 1.165) is 12.8 Å². The molecular formula is C10H17NO. The van der Waals surface area contributed by atoms with E-state index in [4.69, 9.17) is 10.00 Å². The number of hydrogen-bond donors (Lipinski definition) is 0. The third kappa shape index (κ3) is 1.98. The molecule has 0 unspecified atom stereocenters. The van der Waals surface area contributed by atoms with Crippen molar-refractivity contribution in [2.24, 2.45) is 5.41 Å². The first-order valence-electron chi connectivity index (χ1n) is 4.49. The average Bonchev–Trinajstić information content (AvgIpc) is 2.67. The minimum absolute atomic E-state index is 0.131. The Morgan fingerprint density at radius 2 is 1.92 bits per heavy atom. The van der Waals surface area contributed by atoms with Crippen LogP contribution in [0.3, 0.4) is 0 Å². The Hall–Kier alpha value is -0.550. The number of rotatable bonds is 2. The molecule has 68 valence electrons. The summed E-state index contributed by atoms with van der Waals surface area (Å²) in [5.74, 6) is 0. The van der Waals surface area contributed by atoms with Gasteiger partial charge in [-0.25, -0.2) is 0 Å². The second-order valence-corrected chi connectivity index (χ2v) is 4.73. The van der Waals surface area contributed by atoms with Crippen molar-refractivity contribution in [2.45, 2.75) is 52.2 Å². The zero-order valence-electron chi connectivity index (χ0n) is 8.35. The topological polar surface area (TPSA) is 33.0 Å². The molecule has 0 radical (unpaired) electrons. The summed E-state index contributed by atoms with van der Waals surface area (Å²) in [6.45, 7) is 8.43. The molecule has 12 heavy (non-hydrogen) atoms. The molecule has 0 spiro atoms. The highest BCUT2D eigenvalue weighted by molar-refractivity contribution is 5.14.